The molecule has 0 radical (unpaired) electrons. The van der Waals surface area contributed by atoms with Crippen molar-refractivity contribution < 1.29 is 0 Å². The monoisotopic (exact) mass is 321 g/mol. The summed E-state index contributed by atoms with van der Waals surface area (Å²) in [6.07, 6.45) is 2.40. The number of benzene rings is 1. The highest BCUT2D eigenvalue weighted by atomic mass is 79.9. The fraction of sp³-hybridized carbons (Fsp3) is 0.333. The topological polar surface area (TPSA) is 26.0 Å². The molecule has 2 aromatic rings. The van der Waals surface area contributed by atoms with Crippen molar-refractivity contribution in [2.75, 3.05) is 0 Å². The van der Waals surface area contributed by atoms with Crippen LogP contribution in [0.2, 0.25) is 0 Å². The highest BCUT2D eigenvalue weighted by Crippen LogP contribution is 2.56. The Balaban J connectivity index is 1.95. The fourth-order valence-electron chi connectivity index (χ4n) is 2.59. The molecule has 3 heteroatoms. The predicted molar refractivity (Wildman–Crippen MR) is 81.0 cm³/mol. The van der Waals surface area contributed by atoms with Crippen molar-refractivity contribution in [2.45, 2.75) is 31.2 Å². The molecule has 1 atom stereocenters. The lowest BCUT2D eigenvalue weighted by molar-refractivity contribution is 0.549. The molecule has 18 heavy (non-hydrogen) atoms. The summed E-state index contributed by atoms with van der Waals surface area (Å²) in [5.41, 5.74) is 9.39. The van der Waals surface area contributed by atoms with Crippen LogP contribution in [0.25, 0.3) is 0 Å². The van der Waals surface area contributed by atoms with Crippen LogP contribution in [-0.2, 0) is 5.41 Å². The van der Waals surface area contributed by atoms with E-state index in [2.05, 4.69) is 59.3 Å². The second-order valence-corrected chi connectivity index (χ2v) is 7.51. The molecule has 1 heterocycles. The van der Waals surface area contributed by atoms with Gasteiger partial charge in [0, 0.05) is 16.3 Å². The third-order valence-corrected chi connectivity index (χ3v) is 6.14. The van der Waals surface area contributed by atoms with E-state index >= 15 is 0 Å². The van der Waals surface area contributed by atoms with Gasteiger partial charge < -0.3 is 5.73 Å². The molecular weight excluding hydrogens is 306 g/mol. The van der Waals surface area contributed by atoms with Crippen molar-refractivity contribution in [2.24, 2.45) is 5.73 Å². The summed E-state index contributed by atoms with van der Waals surface area (Å²) >= 11 is 5.37. The van der Waals surface area contributed by atoms with Gasteiger partial charge in [-0.15, -0.1) is 11.3 Å². The molecule has 0 spiro atoms. The van der Waals surface area contributed by atoms with Gasteiger partial charge in [0.2, 0.25) is 0 Å². The SMILES string of the molecule is Cc1cc(C(N)C2(c3ccccc3)CC2)sc1Br. The van der Waals surface area contributed by atoms with Crippen LogP contribution in [0.3, 0.4) is 0 Å². The van der Waals surface area contributed by atoms with Crippen molar-refractivity contribution in [3.05, 3.63) is 56.2 Å². The maximum Gasteiger partial charge on any atom is 0.0731 e. The standard InChI is InChI=1S/C15H16BrNS/c1-10-9-12(18-14(10)16)13(17)15(7-8-15)11-5-3-2-4-6-11/h2-6,9,13H,7-8,17H2,1H3. The Labute approximate surface area is 120 Å². The van der Waals surface area contributed by atoms with Gasteiger partial charge in [-0.25, -0.2) is 0 Å². The number of rotatable bonds is 3. The second-order valence-electron chi connectivity index (χ2n) is 5.11. The van der Waals surface area contributed by atoms with Crippen LogP contribution >= 0.6 is 27.3 Å². The van der Waals surface area contributed by atoms with Crippen LogP contribution in [0.5, 0.6) is 0 Å². The zero-order valence-electron chi connectivity index (χ0n) is 10.3. The molecule has 1 aliphatic rings. The number of nitrogens with two attached hydrogens (primary N) is 1. The minimum atomic E-state index is 0.120. The number of aryl methyl sites for hydroxylation is 1. The van der Waals surface area contributed by atoms with Gasteiger partial charge in [0.15, 0.2) is 0 Å². The Morgan fingerprint density at radius 3 is 2.44 bits per heavy atom. The van der Waals surface area contributed by atoms with Gasteiger partial charge in [0.1, 0.15) is 0 Å². The maximum absolute atomic E-state index is 6.54. The first-order chi connectivity index (χ1) is 8.63. The quantitative estimate of drug-likeness (QED) is 0.881. The van der Waals surface area contributed by atoms with Gasteiger partial charge in [-0.1, -0.05) is 30.3 Å². The van der Waals surface area contributed by atoms with Gasteiger partial charge >= 0.3 is 0 Å². The summed E-state index contributed by atoms with van der Waals surface area (Å²) < 4.78 is 1.21. The highest BCUT2D eigenvalue weighted by molar-refractivity contribution is 9.11. The van der Waals surface area contributed by atoms with Crippen LogP contribution in [-0.4, -0.2) is 0 Å². The van der Waals surface area contributed by atoms with Crippen molar-refractivity contribution in [3.63, 3.8) is 0 Å². The fourth-order valence-corrected chi connectivity index (χ4v) is 4.28. The van der Waals surface area contributed by atoms with E-state index in [-0.39, 0.29) is 11.5 Å². The van der Waals surface area contributed by atoms with E-state index in [0.29, 0.717) is 0 Å². The lowest BCUT2D eigenvalue weighted by Gasteiger charge is -2.22. The van der Waals surface area contributed by atoms with E-state index in [1.807, 2.05) is 0 Å². The first kappa shape index (κ1) is 12.4. The van der Waals surface area contributed by atoms with Gasteiger partial charge in [0.05, 0.1) is 3.79 Å². The third kappa shape index (κ3) is 1.94. The van der Waals surface area contributed by atoms with Crippen LogP contribution in [0.1, 0.15) is 34.9 Å². The van der Waals surface area contributed by atoms with E-state index in [9.17, 15) is 0 Å². The van der Waals surface area contributed by atoms with E-state index in [1.165, 1.54) is 32.6 Å². The molecule has 1 nitrogen and oxygen atoms in total. The second kappa shape index (κ2) is 4.48. The Bertz CT molecular complexity index is 538. The molecule has 1 unspecified atom stereocenters. The molecule has 1 aromatic heterocycles. The Morgan fingerprint density at radius 2 is 1.94 bits per heavy atom. The van der Waals surface area contributed by atoms with Crippen molar-refractivity contribution >= 4 is 27.3 Å². The summed E-state index contributed by atoms with van der Waals surface area (Å²) in [6.45, 7) is 2.12. The van der Waals surface area contributed by atoms with E-state index in [0.717, 1.165) is 0 Å². The molecule has 2 N–H and O–H groups in total. The molecule has 3 rings (SSSR count). The maximum atomic E-state index is 6.54. The molecule has 0 aliphatic heterocycles. The lowest BCUT2D eigenvalue weighted by Crippen LogP contribution is -2.25. The summed E-state index contributed by atoms with van der Waals surface area (Å²) in [4.78, 5) is 1.29. The largest absolute Gasteiger partial charge is 0.323 e. The zero-order valence-corrected chi connectivity index (χ0v) is 12.7. The van der Waals surface area contributed by atoms with Crippen LogP contribution in [0.4, 0.5) is 0 Å². The van der Waals surface area contributed by atoms with E-state index < -0.39 is 0 Å². The average Bonchev–Trinajstić information content (AvgIpc) is 3.13. The molecule has 94 valence electrons. The van der Waals surface area contributed by atoms with Crippen LogP contribution in [0.15, 0.2) is 40.2 Å². The average molecular weight is 322 g/mol. The Morgan fingerprint density at radius 1 is 1.28 bits per heavy atom. The lowest BCUT2D eigenvalue weighted by atomic mass is 9.87. The zero-order chi connectivity index (χ0) is 12.8. The summed E-state index contributed by atoms with van der Waals surface area (Å²) in [7, 11) is 0. The number of hydrogen-bond donors (Lipinski definition) is 1. The molecule has 0 saturated heterocycles. The predicted octanol–water partition coefficient (Wildman–Crippen LogP) is 4.55. The number of halogens is 1. The molecular formula is C15H16BrNS. The first-order valence-corrected chi connectivity index (χ1v) is 7.81. The Kier molecular flexibility index (Phi) is 3.08. The molecule has 1 aromatic carbocycles. The van der Waals surface area contributed by atoms with E-state index in [4.69, 9.17) is 5.73 Å². The molecule has 1 fully saturated rings. The smallest absolute Gasteiger partial charge is 0.0731 e. The summed E-state index contributed by atoms with van der Waals surface area (Å²) in [5, 5.41) is 0. The van der Waals surface area contributed by atoms with Crippen molar-refractivity contribution in [1.82, 2.24) is 0 Å². The first-order valence-electron chi connectivity index (χ1n) is 6.20. The van der Waals surface area contributed by atoms with Crippen LogP contribution < -0.4 is 5.73 Å². The molecule has 1 saturated carbocycles. The number of thiophene rings is 1. The molecule has 0 amide bonds. The van der Waals surface area contributed by atoms with Gasteiger partial charge in [-0.3, -0.25) is 0 Å². The summed E-state index contributed by atoms with van der Waals surface area (Å²) in [5.74, 6) is 0. The third-order valence-electron chi connectivity index (χ3n) is 3.92. The van der Waals surface area contributed by atoms with E-state index in [1.54, 1.807) is 11.3 Å². The molecule has 0 bridgehead atoms. The Hall–Kier alpha value is -0.640. The normalized spacial score (nSPS) is 18.6. The van der Waals surface area contributed by atoms with Crippen molar-refractivity contribution in [3.8, 4) is 0 Å². The minimum absolute atomic E-state index is 0.120. The van der Waals surface area contributed by atoms with Gasteiger partial charge in [0.25, 0.3) is 0 Å². The van der Waals surface area contributed by atoms with Crippen molar-refractivity contribution in [1.29, 1.82) is 0 Å². The highest BCUT2D eigenvalue weighted by Gasteiger charge is 2.50. The van der Waals surface area contributed by atoms with Crippen LogP contribution in [0, 0.1) is 6.92 Å². The van der Waals surface area contributed by atoms with Gasteiger partial charge in [-0.2, -0.15) is 0 Å². The number of hydrogen-bond acceptors (Lipinski definition) is 2. The summed E-state index contributed by atoms with van der Waals surface area (Å²) in [6, 6.07) is 13.1. The minimum Gasteiger partial charge on any atom is -0.323 e. The van der Waals surface area contributed by atoms with Gasteiger partial charge in [-0.05, 0) is 52.9 Å². The molecule has 1 aliphatic carbocycles.